The topological polar surface area (TPSA) is 55.1 Å². The van der Waals surface area contributed by atoms with Crippen LogP contribution in [-0.2, 0) is 4.79 Å². The van der Waals surface area contributed by atoms with Gasteiger partial charge in [-0.25, -0.2) is 4.39 Å². The molecule has 0 unspecified atom stereocenters. The molecular weight excluding hydrogens is 195 g/mol. The maximum absolute atomic E-state index is 12.6. The number of amides is 1. The van der Waals surface area contributed by atoms with Crippen molar-refractivity contribution in [1.82, 2.24) is 5.32 Å². The molecule has 3 N–H and O–H groups in total. The first-order valence-electron chi connectivity index (χ1n) is 4.82. The molecule has 0 spiro atoms. The van der Waals surface area contributed by atoms with Crippen LogP contribution in [0.3, 0.4) is 0 Å². The highest BCUT2D eigenvalue weighted by Crippen LogP contribution is 2.12. The average molecular weight is 210 g/mol. The second-order valence-corrected chi connectivity index (χ2v) is 3.57. The molecule has 82 valence electrons. The summed E-state index contributed by atoms with van der Waals surface area (Å²) in [5.41, 5.74) is 6.27. The van der Waals surface area contributed by atoms with E-state index in [1.54, 1.807) is 19.1 Å². The van der Waals surface area contributed by atoms with Crippen LogP contribution in [0.15, 0.2) is 24.3 Å². The second kappa shape index (κ2) is 4.89. The molecule has 2 atom stereocenters. The van der Waals surface area contributed by atoms with Crippen molar-refractivity contribution in [3.63, 3.8) is 0 Å². The lowest BCUT2D eigenvalue weighted by Gasteiger charge is -2.15. The van der Waals surface area contributed by atoms with Gasteiger partial charge in [-0.3, -0.25) is 4.79 Å². The highest BCUT2D eigenvalue weighted by Gasteiger charge is 2.12. The van der Waals surface area contributed by atoms with Gasteiger partial charge in [0.2, 0.25) is 5.91 Å². The number of benzene rings is 1. The summed E-state index contributed by atoms with van der Waals surface area (Å²) in [6.45, 7) is 3.44. The smallest absolute Gasteiger partial charge is 0.237 e. The summed E-state index contributed by atoms with van der Waals surface area (Å²) in [6.07, 6.45) is 0. The molecule has 3 nitrogen and oxygen atoms in total. The minimum absolute atomic E-state index is 0.163. The van der Waals surface area contributed by atoms with Crippen LogP contribution in [0.2, 0.25) is 0 Å². The molecule has 0 bridgehead atoms. The molecule has 0 aliphatic heterocycles. The zero-order valence-corrected chi connectivity index (χ0v) is 8.83. The lowest BCUT2D eigenvalue weighted by atomic mass is 10.1. The summed E-state index contributed by atoms with van der Waals surface area (Å²) >= 11 is 0. The molecule has 1 amide bonds. The standard InChI is InChI=1S/C11H15FN2O/c1-7(13)11(15)14-8(2)9-3-5-10(12)6-4-9/h3-8H,13H2,1-2H3,(H,14,15)/t7-,8+/m1/s1. The third-order valence-corrected chi connectivity index (χ3v) is 2.14. The maximum Gasteiger partial charge on any atom is 0.237 e. The van der Waals surface area contributed by atoms with Gasteiger partial charge in [0.1, 0.15) is 5.82 Å². The number of carbonyl (C=O) groups excluding carboxylic acids is 1. The number of nitrogens with one attached hydrogen (secondary N) is 1. The Morgan fingerprint density at radius 1 is 1.33 bits per heavy atom. The lowest BCUT2D eigenvalue weighted by Crippen LogP contribution is -2.39. The molecule has 0 aliphatic rings. The molecule has 1 rings (SSSR count). The first-order valence-corrected chi connectivity index (χ1v) is 4.82. The van der Waals surface area contributed by atoms with Crippen LogP contribution in [0, 0.1) is 5.82 Å². The Hall–Kier alpha value is -1.42. The lowest BCUT2D eigenvalue weighted by molar-refractivity contribution is -0.122. The first-order chi connectivity index (χ1) is 7.00. The zero-order chi connectivity index (χ0) is 11.4. The van der Waals surface area contributed by atoms with Gasteiger partial charge in [0.15, 0.2) is 0 Å². The van der Waals surface area contributed by atoms with E-state index in [0.717, 1.165) is 5.56 Å². The summed E-state index contributed by atoms with van der Waals surface area (Å²) in [5.74, 6) is -0.503. The van der Waals surface area contributed by atoms with Crippen molar-refractivity contribution in [1.29, 1.82) is 0 Å². The van der Waals surface area contributed by atoms with E-state index in [0.29, 0.717) is 0 Å². The predicted molar refractivity (Wildman–Crippen MR) is 56.6 cm³/mol. The minimum Gasteiger partial charge on any atom is -0.348 e. The number of carbonyl (C=O) groups is 1. The van der Waals surface area contributed by atoms with E-state index in [1.165, 1.54) is 12.1 Å². The first kappa shape index (κ1) is 11.7. The maximum atomic E-state index is 12.6. The van der Waals surface area contributed by atoms with E-state index in [1.807, 2.05) is 6.92 Å². The Bertz CT molecular complexity index is 335. The van der Waals surface area contributed by atoms with Crippen LogP contribution in [0.4, 0.5) is 4.39 Å². The number of rotatable bonds is 3. The molecule has 0 radical (unpaired) electrons. The molecule has 0 fully saturated rings. The quantitative estimate of drug-likeness (QED) is 0.791. The number of nitrogens with two attached hydrogens (primary N) is 1. The van der Waals surface area contributed by atoms with Gasteiger partial charge < -0.3 is 11.1 Å². The van der Waals surface area contributed by atoms with Crippen molar-refractivity contribution in [3.05, 3.63) is 35.6 Å². The highest BCUT2D eigenvalue weighted by molar-refractivity contribution is 5.81. The van der Waals surface area contributed by atoms with Crippen molar-refractivity contribution in [2.24, 2.45) is 5.73 Å². The molecule has 4 heteroatoms. The van der Waals surface area contributed by atoms with Gasteiger partial charge in [0, 0.05) is 0 Å². The normalized spacial score (nSPS) is 14.4. The summed E-state index contributed by atoms with van der Waals surface area (Å²) in [5, 5.41) is 2.73. The second-order valence-electron chi connectivity index (χ2n) is 3.57. The Balaban J connectivity index is 2.65. The molecule has 1 aromatic rings. The third kappa shape index (κ3) is 3.32. The van der Waals surface area contributed by atoms with Crippen LogP contribution in [0.1, 0.15) is 25.5 Å². The molecular formula is C11H15FN2O. The summed E-state index contributed by atoms with van der Waals surface area (Å²) in [7, 11) is 0. The van der Waals surface area contributed by atoms with Crippen molar-refractivity contribution in [2.45, 2.75) is 25.9 Å². The molecule has 0 heterocycles. The Morgan fingerprint density at radius 2 is 1.87 bits per heavy atom. The molecule has 0 saturated heterocycles. The van der Waals surface area contributed by atoms with Crippen LogP contribution < -0.4 is 11.1 Å². The summed E-state index contributed by atoms with van der Waals surface area (Å²) < 4.78 is 12.6. The number of hydrogen-bond acceptors (Lipinski definition) is 2. The Morgan fingerprint density at radius 3 is 2.33 bits per heavy atom. The van der Waals surface area contributed by atoms with E-state index < -0.39 is 6.04 Å². The molecule has 1 aromatic carbocycles. The van der Waals surface area contributed by atoms with Crippen molar-refractivity contribution in [2.75, 3.05) is 0 Å². The van der Waals surface area contributed by atoms with Crippen LogP contribution >= 0.6 is 0 Å². The van der Waals surface area contributed by atoms with Crippen LogP contribution in [0.5, 0.6) is 0 Å². The minimum atomic E-state index is -0.534. The zero-order valence-electron chi connectivity index (χ0n) is 8.83. The van der Waals surface area contributed by atoms with Gasteiger partial charge in [-0.1, -0.05) is 12.1 Å². The van der Waals surface area contributed by atoms with Gasteiger partial charge in [0.25, 0.3) is 0 Å². The summed E-state index contributed by atoms with van der Waals surface area (Å²) in [4.78, 5) is 11.3. The van der Waals surface area contributed by atoms with E-state index in [9.17, 15) is 9.18 Å². The van der Waals surface area contributed by atoms with Crippen LogP contribution in [0.25, 0.3) is 0 Å². The van der Waals surface area contributed by atoms with Crippen LogP contribution in [-0.4, -0.2) is 11.9 Å². The average Bonchev–Trinajstić information content (AvgIpc) is 2.18. The van der Waals surface area contributed by atoms with E-state index >= 15 is 0 Å². The fourth-order valence-electron chi connectivity index (χ4n) is 1.18. The fraction of sp³-hybridized carbons (Fsp3) is 0.364. The number of hydrogen-bond donors (Lipinski definition) is 2. The largest absolute Gasteiger partial charge is 0.348 e. The molecule has 0 aromatic heterocycles. The van der Waals surface area contributed by atoms with E-state index in [-0.39, 0.29) is 17.8 Å². The SMILES string of the molecule is C[C@H](NC(=O)[C@@H](C)N)c1ccc(F)cc1. The monoisotopic (exact) mass is 210 g/mol. The molecule has 0 aliphatic carbocycles. The third-order valence-electron chi connectivity index (χ3n) is 2.14. The van der Waals surface area contributed by atoms with Crippen molar-refractivity contribution in [3.8, 4) is 0 Å². The van der Waals surface area contributed by atoms with Gasteiger partial charge in [-0.05, 0) is 31.5 Å². The van der Waals surface area contributed by atoms with Gasteiger partial charge in [-0.15, -0.1) is 0 Å². The summed E-state index contributed by atoms with van der Waals surface area (Å²) in [6, 6.07) is 5.31. The fourth-order valence-corrected chi connectivity index (χ4v) is 1.18. The molecule has 15 heavy (non-hydrogen) atoms. The molecule has 0 saturated carbocycles. The highest BCUT2D eigenvalue weighted by atomic mass is 19.1. The predicted octanol–water partition coefficient (Wildman–Crippen LogP) is 1.35. The van der Waals surface area contributed by atoms with Gasteiger partial charge >= 0.3 is 0 Å². The van der Waals surface area contributed by atoms with E-state index in [2.05, 4.69) is 5.32 Å². The number of halogens is 1. The van der Waals surface area contributed by atoms with Crippen molar-refractivity contribution < 1.29 is 9.18 Å². The Kier molecular flexibility index (Phi) is 3.80. The van der Waals surface area contributed by atoms with E-state index in [4.69, 9.17) is 5.73 Å². The van der Waals surface area contributed by atoms with Gasteiger partial charge in [0.05, 0.1) is 12.1 Å². The Labute approximate surface area is 88.5 Å². The van der Waals surface area contributed by atoms with Crippen molar-refractivity contribution >= 4 is 5.91 Å². The van der Waals surface area contributed by atoms with Gasteiger partial charge in [-0.2, -0.15) is 0 Å².